The van der Waals surface area contributed by atoms with E-state index < -0.39 is 0 Å². The molecule has 5 heteroatoms. The molecule has 1 heterocycles. The second kappa shape index (κ2) is 6.74. The van der Waals surface area contributed by atoms with Gasteiger partial charge in [0.2, 0.25) is 5.13 Å². The number of hydrogen-bond acceptors (Lipinski definition) is 5. The van der Waals surface area contributed by atoms with E-state index in [4.69, 9.17) is 4.74 Å². The van der Waals surface area contributed by atoms with Gasteiger partial charge in [-0.25, -0.2) is 4.98 Å². The van der Waals surface area contributed by atoms with Crippen molar-refractivity contribution in [1.29, 1.82) is 0 Å². The molecule has 0 aromatic carbocycles. The van der Waals surface area contributed by atoms with E-state index in [1.54, 1.807) is 7.11 Å². The van der Waals surface area contributed by atoms with Gasteiger partial charge in [0, 0.05) is 37.7 Å². The van der Waals surface area contributed by atoms with Gasteiger partial charge in [-0.05, 0) is 12.8 Å². The summed E-state index contributed by atoms with van der Waals surface area (Å²) in [6, 6.07) is 0. The van der Waals surface area contributed by atoms with Crippen LogP contribution in [0, 0.1) is 0 Å². The number of ether oxygens (including phenoxy) is 1. The fourth-order valence-corrected chi connectivity index (χ4v) is 1.84. The van der Waals surface area contributed by atoms with Crippen molar-refractivity contribution in [3.8, 4) is 0 Å². The largest absolute Gasteiger partial charge is 0.385 e. The number of nitrogens with one attached hydrogen (secondary N) is 1. The summed E-state index contributed by atoms with van der Waals surface area (Å²) in [5.74, 6) is 1.34. The first-order valence-electron chi connectivity index (χ1n) is 5.30. The molecule has 0 aliphatic rings. The molecule has 0 saturated heterocycles. The van der Waals surface area contributed by atoms with Gasteiger partial charge in [-0.15, -0.1) is 0 Å². The maximum absolute atomic E-state index is 4.98. The maximum Gasteiger partial charge on any atom is 0.202 e. The van der Waals surface area contributed by atoms with Crippen LogP contribution in [0.5, 0.6) is 0 Å². The Kier molecular flexibility index (Phi) is 5.57. The minimum atomic E-state index is 0.408. The van der Waals surface area contributed by atoms with E-state index in [2.05, 4.69) is 28.5 Å². The van der Waals surface area contributed by atoms with E-state index in [1.807, 2.05) is 0 Å². The second-order valence-electron chi connectivity index (χ2n) is 3.74. The average Bonchev–Trinajstić information content (AvgIpc) is 2.66. The van der Waals surface area contributed by atoms with Crippen molar-refractivity contribution in [2.24, 2.45) is 0 Å². The molecule has 0 atom stereocenters. The summed E-state index contributed by atoms with van der Waals surface area (Å²) < 4.78 is 9.25. The smallest absolute Gasteiger partial charge is 0.202 e. The van der Waals surface area contributed by atoms with Crippen molar-refractivity contribution in [3.63, 3.8) is 0 Å². The summed E-state index contributed by atoms with van der Waals surface area (Å²) in [4.78, 5) is 4.39. The van der Waals surface area contributed by atoms with Crippen LogP contribution in [0.25, 0.3) is 0 Å². The molecule has 0 unspecified atom stereocenters. The van der Waals surface area contributed by atoms with Crippen LogP contribution < -0.4 is 5.32 Å². The van der Waals surface area contributed by atoms with Crippen LogP contribution in [-0.2, 0) is 4.74 Å². The third-order valence-corrected chi connectivity index (χ3v) is 2.70. The fraction of sp³-hybridized carbons (Fsp3) is 0.800. The second-order valence-corrected chi connectivity index (χ2v) is 4.49. The number of anilines is 1. The lowest BCUT2D eigenvalue weighted by Crippen LogP contribution is -2.02. The summed E-state index contributed by atoms with van der Waals surface area (Å²) in [5.41, 5.74) is 0. The highest BCUT2D eigenvalue weighted by Gasteiger charge is 2.06. The molecule has 4 nitrogen and oxygen atoms in total. The Hall–Kier alpha value is -0.680. The van der Waals surface area contributed by atoms with E-state index >= 15 is 0 Å². The Morgan fingerprint density at radius 3 is 2.80 bits per heavy atom. The third kappa shape index (κ3) is 4.57. The van der Waals surface area contributed by atoms with Gasteiger partial charge >= 0.3 is 0 Å². The standard InChI is InChI=1S/C10H19N3OS/c1-8(2)9-12-10(15-13-9)11-6-4-5-7-14-3/h8H,4-7H2,1-3H3,(H,11,12,13). The fourth-order valence-electron chi connectivity index (χ4n) is 1.11. The number of unbranched alkanes of at least 4 members (excludes halogenated alkanes) is 1. The third-order valence-electron chi connectivity index (χ3n) is 2.01. The molecule has 0 spiro atoms. The molecular formula is C10H19N3OS. The predicted molar refractivity (Wildman–Crippen MR) is 63.6 cm³/mol. The SMILES string of the molecule is COCCCCNc1nc(C(C)C)ns1. The number of hydrogen-bond donors (Lipinski definition) is 1. The highest BCUT2D eigenvalue weighted by molar-refractivity contribution is 7.09. The summed E-state index contributed by atoms with van der Waals surface area (Å²) >= 11 is 1.44. The predicted octanol–water partition coefficient (Wildman–Crippen LogP) is 2.50. The average molecular weight is 229 g/mol. The highest BCUT2D eigenvalue weighted by atomic mass is 32.1. The molecule has 1 aromatic rings. The Bertz CT molecular complexity index is 275. The molecule has 0 aliphatic carbocycles. The van der Waals surface area contributed by atoms with Gasteiger partial charge in [0.15, 0.2) is 0 Å². The van der Waals surface area contributed by atoms with Gasteiger partial charge < -0.3 is 10.1 Å². The van der Waals surface area contributed by atoms with Gasteiger partial charge in [-0.3, -0.25) is 0 Å². The summed E-state index contributed by atoms with van der Waals surface area (Å²) in [5, 5.41) is 4.20. The van der Waals surface area contributed by atoms with E-state index in [9.17, 15) is 0 Å². The Morgan fingerprint density at radius 1 is 1.40 bits per heavy atom. The zero-order valence-corrected chi connectivity index (χ0v) is 10.4. The lowest BCUT2D eigenvalue weighted by Gasteiger charge is -2.01. The Labute approximate surface area is 95.2 Å². The minimum Gasteiger partial charge on any atom is -0.385 e. The van der Waals surface area contributed by atoms with Gasteiger partial charge in [-0.1, -0.05) is 13.8 Å². The van der Waals surface area contributed by atoms with Crippen LogP contribution in [0.3, 0.4) is 0 Å². The van der Waals surface area contributed by atoms with Crippen LogP contribution in [-0.4, -0.2) is 29.6 Å². The zero-order valence-electron chi connectivity index (χ0n) is 9.62. The number of aromatic nitrogens is 2. The summed E-state index contributed by atoms with van der Waals surface area (Å²) in [6.07, 6.45) is 2.18. The number of rotatable bonds is 7. The van der Waals surface area contributed by atoms with Crippen molar-refractivity contribution in [2.45, 2.75) is 32.6 Å². The molecular weight excluding hydrogens is 210 g/mol. The molecule has 1 N–H and O–H groups in total. The van der Waals surface area contributed by atoms with E-state index in [0.717, 1.165) is 36.9 Å². The molecule has 0 fully saturated rings. The van der Waals surface area contributed by atoms with Gasteiger partial charge in [-0.2, -0.15) is 4.37 Å². The van der Waals surface area contributed by atoms with Crippen molar-refractivity contribution >= 4 is 16.7 Å². The number of methoxy groups -OCH3 is 1. The van der Waals surface area contributed by atoms with Gasteiger partial charge in [0.1, 0.15) is 5.82 Å². The van der Waals surface area contributed by atoms with Crippen molar-refractivity contribution < 1.29 is 4.74 Å². The number of nitrogens with zero attached hydrogens (tertiary/aromatic N) is 2. The normalized spacial score (nSPS) is 10.9. The lowest BCUT2D eigenvalue weighted by molar-refractivity contribution is 0.194. The van der Waals surface area contributed by atoms with Crippen LogP contribution in [0.15, 0.2) is 0 Å². The van der Waals surface area contributed by atoms with E-state index in [1.165, 1.54) is 11.5 Å². The molecule has 0 saturated carbocycles. The molecule has 86 valence electrons. The first kappa shape index (κ1) is 12.4. The molecule has 0 aliphatic heterocycles. The summed E-state index contributed by atoms with van der Waals surface area (Å²) in [7, 11) is 1.73. The Balaban J connectivity index is 2.20. The molecule has 15 heavy (non-hydrogen) atoms. The van der Waals surface area contributed by atoms with Crippen molar-refractivity contribution in [1.82, 2.24) is 9.36 Å². The molecule has 1 aromatic heterocycles. The van der Waals surface area contributed by atoms with Crippen LogP contribution >= 0.6 is 11.5 Å². The topological polar surface area (TPSA) is 47.0 Å². The maximum atomic E-state index is 4.98. The van der Waals surface area contributed by atoms with Gasteiger partial charge in [0.05, 0.1) is 0 Å². The first-order chi connectivity index (χ1) is 7.24. The monoisotopic (exact) mass is 229 g/mol. The quantitative estimate of drug-likeness (QED) is 0.730. The van der Waals surface area contributed by atoms with E-state index in [-0.39, 0.29) is 0 Å². The zero-order chi connectivity index (χ0) is 11.1. The van der Waals surface area contributed by atoms with Crippen molar-refractivity contribution in [3.05, 3.63) is 5.82 Å². The van der Waals surface area contributed by atoms with E-state index in [0.29, 0.717) is 5.92 Å². The molecule has 1 rings (SSSR count). The minimum absolute atomic E-state index is 0.408. The van der Waals surface area contributed by atoms with Crippen LogP contribution in [0.1, 0.15) is 38.4 Å². The van der Waals surface area contributed by atoms with Crippen molar-refractivity contribution in [2.75, 3.05) is 25.6 Å². The molecule has 0 radical (unpaired) electrons. The molecule has 0 amide bonds. The lowest BCUT2D eigenvalue weighted by atomic mass is 10.2. The molecule has 0 bridgehead atoms. The van der Waals surface area contributed by atoms with Crippen LogP contribution in [0.2, 0.25) is 0 Å². The van der Waals surface area contributed by atoms with Crippen LogP contribution in [0.4, 0.5) is 5.13 Å². The Morgan fingerprint density at radius 2 is 2.20 bits per heavy atom. The summed E-state index contributed by atoms with van der Waals surface area (Å²) in [6.45, 7) is 5.97. The highest BCUT2D eigenvalue weighted by Crippen LogP contribution is 2.17. The van der Waals surface area contributed by atoms with Gasteiger partial charge in [0.25, 0.3) is 0 Å². The first-order valence-corrected chi connectivity index (χ1v) is 6.07.